The number of pyridine rings is 1. The van der Waals surface area contributed by atoms with Crippen LogP contribution >= 0.6 is 0 Å². The Morgan fingerprint density at radius 2 is 1.95 bits per heavy atom. The van der Waals surface area contributed by atoms with Gasteiger partial charge in [0.25, 0.3) is 0 Å². The van der Waals surface area contributed by atoms with E-state index in [2.05, 4.69) is 4.98 Å². The number of benzene rings is 1. The van der Waals surface area contributed by atoms with E-state index >= 15 is 0 Å². The minimum atomic E-state index is -0.0638. The Kier molecular flexibility index (Phi) is 4.02. The lowest BCUT2D eigenvalue weighted by Gasteiger charge is -2.14. The zero-order valence-corrected chi connectivity index (χ0v) is 11.5. The predicted molar refractivity (Wildman–Crippen MR) is 77.7 cm³/mol. The molecular formula is C15H19N3O. The molecule has 100 valence electrons. The summed E-state index contributed by atoms with van der Waals surface area (Å²) in [4.78, 5) is 6.30. The van der Waals surface area contributed by atoms with Gasteiger partial charge < -0.3 is 15.4 Å². The van der Waals surface area contributed by atoms with Crippen LogP contribution < -0.4 is 15.4 Å². The van der Waals surface area contributed by atoms with Gasteiger partial charge in [-0.05, 0) is 31.2 Å². The van der Waals surface area contributed by atoms with Gasteiger partial charge in [-0.3, -0.25) is 4.98 Å². The molecule has 19 heavy (non-hydrogen) atoms. The van der Waals surface area contributed by atoms with Gasteiger partial charge in [0.05, 0.1) is 11.9 Å². The van der Waals surface area contributed by atoms with E-state index in [9.17, 15) is 0 Å². The van der Waals surface area contributed by atoms with Crippen LogP contribution in [0.4, 0.5) is 5.69 Å². The summed E-state index contributed by atoms with van der Waals surface area (Å²) in [6.45, 7) is 1.91. The van der Waals surface area contributed by atoms with Gasteiger partial charge in [-0.15, -0.1) is 0 Å². The van der Waals surface area contributed by atoms with Crippen molar-refractivity contribution in [1.82, 2.24) is 4.98 Å². The topological polar surface area (TPSA) is 51.4 Å². The zero-order chi connectivity index (χ0) is 13.8. The van der Waals surface area contributed by atoms with Crippen molar-refractivity contribution in [2.75, 3.05) is 19.0 Å². The van der Waals surface area contributed by atoms with Crippen molar-refractivity contribution >= 4 is 5.69 Å². The van der Waals surface area contributed by atoms with E-state index in [1.54, 1.807) is 6.20 Å². The molecule has 1 aromatic heterocycles. The van der Waals surface area contributed by atoms with E-state index in [1.165, 1.54) is 0 Å². The summed E-state index contributed by atoms with van der Waals surface area (Å²) in [5.41, 5.74) is 7.71. The van der Waals surface area contributed by atoms with E-state index in [4.69, 9.17) is 10.5 Å². The van der Waals surface area contributed by atoms with Crippen LogP contribution in [0, 0.1) is 0 Å². The van der Waals surface area contributed by atoms with E-state index < -0.39 is 0 Å². The van der Waals surface area contributed by atoms with Crippen molar-refractivity contribution < 1.29 is 4.74 Å². The number of hydrogen-bond donors (Lipinski definition) is 1. The van der Waals surface area contributed by atoms with Gasteiger partial charge in [0.15, 0.2) is 0 Å². The van der Waals surface area contributed by atoms with Crippen molar-refractivity contribution in [2.45, 2.75) is 13.0 Å². The van der Waals surface area contributed by atoms with E-state index in [1.807, 2.05) is 62.3 Å². The predicted octanol–water partition coefficient (Wildman–Crippen LogP) is 2.96. The van der Waals surface area contributed by atoms with Crippen LogP contribution in [0.3, 0.4) is 0 Å². The summed E-state index contributed by atoms with van der Waals surface area (Å²) in [6, 6.07) is 11.6. The second-order valence-corrected chi connectivity index (χ2v) is 4.70. The Labute approximate surface area is 113 Å². The fourth-order valence-corrected chi connectivity index (χ4v) is 1.68. The molecule has 0 aliphatic heterocycles. The molecule has 2 N–H and O–H groups in total. The average Bonchev–Trinajstić information content (AvgIpc) is 2.39. The van der Waals surface area contributed by atoms with E-state index in [0.29, 0.717) is 5.75 Å². The summed E-state index contributed by atoms with van der Waals surface area (Å²) >= 11 is 0. The number of ether oxygens (including phenoxy) is 1. The molecule has 0 aliphatic carbocycles. The summed E-state index contributed by atoms with van der Waals surface area (Å²) < 4.78 is 5.77. The number of anilines is 1. The van der Waals surface area contributed by atoms with Gasteiger partial charge in [-0.1, -0.05) is 6.07 Å². The first-order chi connectivity index (χ1) is 9.06. The lowest BCUT2D eigenvalue weighted by atomic mass is 10.2. The monoisotopic (exact) mass is 257 g/mol. The van der Waals surface area contributed by atoms with Gasteiger partial charge >= 0.3 is 0 Å². The summed E-state index contributed by atoms with van der Waals surface area (Å²) in [6.07, 6.45) is 1.70. The second-order valence-electron chi connectivity index (χ2n) is 4.70. The highest BCUT2D eigenvalue weighted by Crippen LogP contribution is 2.25. The minimum Gasteiger partial charge on any atom is -0.456 e. The summed E-state index contributed by atoms with van der Waals surface area (Å²) in [5.74, 6) is 1.50. The van der Waals surface area contributed by atoms with Gasteiger partial charge in [-0.2, -0.15) is 0 Å². The fourth-order valence-electron chi connectivity index (χ4n) is 1.68. The highest BCUT2D eigenvalue weighted by molar-refractivity contribution is 5.50. The molecule has 0 spiro atoms. The minimum absolute atomic E-state index is 0.0638. The van der Waals surface area contributed by atoms with Crippen molar-refractivity contribution in [1.29, 1.82) is 0 Å². The number of rotatable bonds is 4. The highest BCUT2D eigenvalue weighted by Gasteiger charge is 2.03. The van der Waals surface area contributed by atoms with Crippen molar-refractivity contribution in [2.24, 2.45) is 5.73 Å². The molecule has 4 heteroatoms. The molecule has 1 unspecified atom stereocenters. The first-order valence-corrected chi connectivity index (χ1v) is 6.23. The number of nitrogens with zero attached hydrogens (tertiary/aromatic N) is 2. The van der Waals surface area contributed by atoms with Gasteiger partial charge in [0, 0.05) is 31.9 Å². The Bertz CT molecular complexity index is 535. The molecule has 0 aliphatic rings. The van der Waals surface area contributed by atoms with Crippen LogP contribution in [0.5, 0.6) is 11.5 Å². The van der Waals surface area contributed by atoms with E-state index in [-0.39, 0.29) is 6.04 Å². The SMILES string of the molecule is CC(N)c1ccc(Oc2cccc(N(C)C)c2)cn1. The van der Waals surface area contributed by atoms with Gasteiger partial charge in [0.1, 0.15) is 11.5 Å². The Hall–Kier alpha value is -2.07. The quantitative estimate of drug-likeness (QED) is 0.915. The molecule has 1 heterocycles. The molecule has 0 saturated carbocycles. The molecule has 4 nitrogen and oxygen atoms in total. The summed E-state index contributed by atoms with van der Waals surface area (Å²) in [7, 11) is 4.00. The normalized spacial score (nSPS) is 12.0. The van der Waals surface area contributed by atoms with Crippen LogP contribution in [0.25, 0.3) is 0 Å². The number of aromatic nitrogens is 1. The summed E-state index contributed by atoms with van der Waals surface area (Å²) in [5, 5.41) is 0. The maximum Gasteiger partial charge on any atom is 0.145 e. The third-order valence-corrected chi connectivity index (χ3v) is 2.80. The first-order valence-electron chi connectivity index (χ1n) is 6.23. The smallest absolute Gasteiger partial charge is 0.145 e. The Morgan fingerprint density at radius 3 is 2.53 bits per heavy atom. The van der Waals surface area contributed by atoms with Crippen molar-refractivity contribution in [3.63, 3.8) is 0 Å². The maximum atomic E-state index is 5.77. The van der Waals surface area contributed by atoms with Crippen molar-refractivity contribution in [3.05, 3.63) is 48.3 Å². The first kappa shape index (κ1) is 13.4. The molecule has 2 rings (SSSR count). The third-order valence-electron chi connectivity index (χ3n) is 2.80. The molecule has 0 bridgehead atoms. The van der Waals surface area contributed by atoms with Gasteiger partial charge in [-0.25, -0.2) is 0 Å². The molecule has 0 fully saturated rings. The van der Waals surface area contributed by atoms with Crippen LogP contribution in [-0.4, -0.2) is 19.1 Å². The molecule has 0 radical (unpaired) electrons. The van der Waals surface area contributed by atoms with E-state index in [0.717, 1.165) is 17.1 Å². The number of nitrogens with two attached hydrogens (primary N) is 1. The number of hydrogen-bond acceptors (Lipinski definition) is 4. The Balaban J connectivity index is 2.14. The maximum absolute atomic E-state index is 5.77. The fraction of sp³-hybridized carbons (Fsp3) is 0.267. The molecule has 1 aromatic carbocycles. The molecule has 0 saturated heterocycles. The third kappa shape index (κ3) is 3.45. The average molecular weight is 257 g/mol. The second kappa shape index (κ2) is 5.71. The van der Waals surface area contributed by atoms with Gasteiger partial charge in [0.2, 0.25) is 0 Å². The van der Waals surface area contributed by atoms with Crippen LogP contribution in [-0.2, 0) is 0 Å². The van der Waals surface area contributed by atoms with Crippen LogP contribution in [0.2, 0.25) is 0 Å². The Morgan fingerprint density at radius 1 is 1.16 bits per heavy atom. The zero-order valence-electron chi connectivity index (χ0n) is 11.5. The molecular weight excluding hydrogens is 238 g/mol. The standard InChI is InChI=1S/C15H19N3O/c1-11(16)15-8-7-14(10-17-15)19-13-6-4-5-12(9-13)18(2)3/h4-11H,16H2,1-3H3. The molecule has 1 atom stereocenters. The lowest BCUT2D eigenvalue weighted by molar-refractivity contribution is 0.479. The van der Waals surface area contributed by atoms with Crippen LogP contribution in [0.15, 0.2) is 42.6 Å². The van der Waals surface area contributed by atoms with Crippen LogP contribution in [0.1, 0.15) is 18.7 Å². The highest BCUT2D eigenvalue weighted by atomic mass is 16.5. The largest absolute Gasteiger partial charge is 0.456 e. The molecule has 0 amide bonds. The lowest BCUT2D eigenvalue weighted by Crippen LogP contribution is -2.08. The van der Waals surface area contributed by atoms with Crippen molar-refractivity contribution in [3.8, 4) is 11.5 Å². The molecule has 2 aromatic rings.